The maximum Gasteiger partial charge on any atom is 0.419 e. The number of benzene rings is 1. The monoisotopic (exact) mass is 340 g/mol. The van der Waals surface area contributed by atoms with E-state index in [0.29, 0.717) is 17.4 Å². The van der Waals surface area contributed by atoms with Crippen LogP contribution in [0.2, 0.25) is 0 Å². The number of pyridine rings is 1. The third-order valence-electron chi connectivity index (χ3n) is 3.14. The van der Waals surface area contributed by atoms with E-state index in [1.165, 1.54) is 11.3 Å². The highest BCUT2D eigenvalue weighted by Gasteiger charge is 2.13. The number of thiazole rings is 1. The van der Waals surface area contributed by atoms with Crippen LogP contribution < -0.4 is 15.4 Å². The van der Waals surface area contributed by atoms with E-state index in [1.807, 2.05) is 49.4 Å². The predicted molar refractivity (Wildman–Crippen MR) is 94.5 cm³/mol. The minimum absolute atomic E-state index is 0.251. The predicted octanol–water partition coefficient (Wildman–Crippen LogP) is 4.07. The van der Waals surface area contributed by atoms with Gasteiger partial charge < -0.3 is 10.1 Å². The van der Waals surface area contributed by atoms with E-state index >= 15 is 0 Å². The Morgan fingerprint density at radius 2 is 2.00 bits per heavy atom. The van der Waals surface area contributed by atoms with Crippen LogP contribution in [0.1, 0.15) is 11.3 Å². The van der Waals surface area contributed by atoms with Gasteiger partial charge in [-0.3, -0.25) is 5.32 Å². The second kappa shape index (κ2) is 7.56. The average molecular weight is 340 g/mol. The summed E-state index contributed by atoms with van der Waals surface area (Å²) in [6, 6.07) is 15.3. The van der Waals surface area contributed by atoms with E-state index in [9.17, 15) is 4.79 Å². The summed E-state index contributed by atoms with van der Waals surface area (Å²) in [5, 5.41) is 6.51. The van der Waals surface area contributed by atoms with E-state index in [4.69, 9.17) is 4.74 Å². The van der Waals surface area contributed by atoms with Gasteiger partial charge in [0, 0.05) is 12.2 Å². The van der Waals surface area contributed by atoms with Gasteiger partial charge in [-0.15, -0.1) is 11.3 Å². The molecule has 0 aliphatic rings. The molecule has 0 saturated carbocycles. The maximum atomic E-state index is 12.0. The summed E-state index contributed by atoms with van der Waals surface area (Å²) in [7, 11) is 0. The number of anilines is 2. The van der Waals surface area contributed by atoms with E-state index in [2.05, 4.69) is 20.6 Å². The molecule has 0 atom stereocenters. The summed E-state index contributed by atoms with van der Waals surface area (Å²) < 4.78 is 5.26. The molecular formula is C17H16N4O2S. The molecule has 3 aromatic rings. The molecule has 2 heterocycles. The highest BCUT2D eigenvalue weighted by atomic mass is 32.1. The number of amides is 1. The normalized spacial score (nSPS) is 10.2. The van der Waals surface area contributed by atoms with Crippen molar-refractivity contribution in [3.8, 4) is 5.88 Å². The second-order valence-corrected chi connectivity index (χ2v) is 5.86. The van der Waals surface area contributed by atoms with Crippen LogP contribution >= 0.6 is 11.3 Å². The number of aromatic nitrogens is 2. The Hall–Kier alpha value is -2.93. The van der Waals surface area contributed by atoms with E-state index < -0.39 is 6.09 Å². The number of ether oxygens (including phenoxy) is 1. The molecule has 0 aliphatic carbocycles. The highest BCUT2D eigenvalue weighted by molar-refractivity contribution is 7.14. The number of hydrogen-bond donors (Lipinski definition) is 2. The molecule has 0 saturated heterocycles. The molecule has 1 amide bonds. The molecule has 6 nitrogen and oxygen atoms in total. The number of carbonyl (C=O) groups is 1. The van der Waals surface area contributed by atoms with Gasteiger partial charge >= 0.3 is 6.09 Å². The van der Waals surface area contributed by atoms with Crippen LogP contribution in [-0.4, -0.2) is 16.1 Å². The van der Waals surface area contributed by atoms with Gasteiger partial charge in [-0.25, -0.2) is 14.8 Å². The lowest BCUT2D eigenvalue weighted by Gasteiger charge is -2.08. The van der Waals surface area contributed by atoms with Crippen molar-refractivity contribution < 1.29 is 9.53 Å². The van der Waals surface area contributed by atoms with Crippen molar-refractivity contribution in [3.63, 3.8) is 0 Å². The Balaban J connectivity index is 1.59. The Morgan fingerprint density at radius 3 is 2.79 bits per heavy atom. The fourth-order valence-corrected chi connectivity index (χ4v) is 2.64. The van der Waals surface area contributed by atoms with Crippen LogP contribution in [-0.2, 0) is 6.54 Å². The first kappa shape index (κ1) is 15.9. The molecule has 0 aliphatic heterocycles. The molecule has 2 N–H and O–H groups in total. The first-order valence-corrected chi connectivity index (χ1v) is 8.22. The van der Waals surface area contributed by atoms with Crippen molar-refractivity contribution in [1.82, 2.24) is 9.97 Å². The van der Waals surface area contributed by atoms with Crippen molar-refractivity contribution in [2.45, 2.75) is 13.5 Å². The summed E-state index contributed by atoms with van der Waals surface area (Å²) in [5.41, 5.74) is 3.57. The van der Waals surface area contributed by atoms with Crippen molar-refractivity contribution in [2.75, 3.05) is 10.6 Å². The molecule has 24 heavy (non-hydrogen) atoms. The number of aryl methyl sites for hydroxylation is 1. The maximum absolute atomic E-state index is 12.0. The second-order valence-electron chi connectivity index (χ2n) is 5.00. The Morgan fingerprint density at radius 1 is 1.17 bits per heavy atom. The molecule has 122 valence electrons. The largest absolute Gasteiger partial charge is 0.419 e. The standard InChI is InChI=1S/C17H16N4O2S/c1-12-6-5-9-14(20-12)21-17(22)23-15-16(24-11-19-15)18-10-13-7-3-2-4-8-13/h2-9,11,18H,10H2,1H3,(H,20,21,22). The lowest BCUT2D eigenvalue weighted by Crippen LogP contribution is -2.18. The number of hydrogen-bond acceptors (Lipinski definition) is 6. The van der Waals surface area contributed by atoms with E-state index in [0.717, 1.165) is 11.3 Å². The molecule has 2 aromatic heterocycles. The molecule has 0 bridgehead atoms. The lowest BCUT2D eigenvalue weighted by molar-refractivity contribution is 0.214. The zero-order chi connectivity index (χ0) is 16.8. The summed E-state index contributed by atoms with van der Waals surface area (Å²) in [6.45, 7) is 2.48. The number of nitrogens with zero attached hydrogens (tertiary/aromatic N) is 2. The van der Waals surface area contributed by atoms with Gasteiger partial charge in [0.1, 0.15) is 5.82 Å². The zero-order valence-corrected chi connectivity index (χ0v) is 13.8. The summed E-state index contributed by atoms with van der Waals surface area (Å²) in [6.07, 6.45) is -0.623. The van der Waals surface area contributed by atoms with Gasteiger partial charge in [0.05, 0.1) is 5.51 Å². The quantitative estimate of drug-likeness (QED) is 0.732. The molecule has 0 unspecified atom stereocenters. The van der Waals surface area contributed by atoms with Gasteiger partial charge in [-0.05, 0) is 24.6 Å². The highest BCUT2D eigenvalue weighted by Crippen LogP contribution is 2.28. The zero-order valence-electron chi connectivity index (χ0n) is 13.0. The first-order chi connectivity index (χ1) is 11.7. The van der Waals surface area contributed by atoms with Crippen LogP contribution in [0.25, 0.3) is 0 Å². The van der Waals surface area contributed by atoms with Gasteiger partial charge in [0.25, 0.3) is 5.88 Å². The van der Waals surface area contributed by atoms with Gasteiger partial charge in [0.2, 0.25) is 0 Å². The average Bonchev–Trinajstić information content (AvgIpc) is 3.01. The SMILES string of the molecule is Cc1cccc(NC(=O)Oc2ncsc2NCc2ccccc2)n1. The number of nitrogens with one attached hydrogen (secondary N) is 2. The van der Waals surface area contributed by atoms with Crippen molar-refractivity contribution >= 4 is 28.2 Å². The number of rotatable bonds is 5. The third-order valence-corrected chi connectivity index (χ3v) is 3.90. The molecule has 3 rings (SSSR count). The summed E-state index contributed by atoms with van der Waals surface area (Å²) >= 11 is 1.38. The molecule has 0 fully saturated rings. The van der Waals surface area contributed by atoms with Gasteiger partial charge in [0.15, 0.2) is 5.00 Å². The van der Waals surface area contributed by atoms with Crippen molar-refractivity contribution in [1.29, 1.82) is 0 Å². The van der Waals surface area contributed by atoms with E-state index in [-0.39, 0.29) is 5.88 Å². The Labute approximate surface area is 143 Å². The molecular weight excluding hydrogens is 324 g/mol. The fraction of sp³-hybridized carbons (Fsp3) is 0.118. The first-order valence-electron chi connectivity index (χ1n) is 7.34. The number of carbonyl (C=O) groups excluding carboxylic acids is 1. The van der Waals surface area contributed by atoms with Crippen LogP contribution in [0.15, 0.2) is 54.0 Å². The Bertz CT molecular complexity index is 820. The van der Waals surface area contributed by atoms with Crippen molar-refractivity contribution in [3.05, 3.63) is 65.3 Å². The third kappa shape index (κ3) is 4.30. The van der Waals surface area contributed by atoms with Crippen molar-refractivity contribution in [2.24, 2.45) is 0 Å². The van der Waals surface area contributed by atoms with Crippen LogP contribution in [0.3, 0.4) is 0 Å². The summed E-state index contributed by atoms with van der Waals surface area (Å²) in [5.74, 6) is 0.690. The molecule has 7 heteroatoms. The minimum Gasteiger partial charge on any atom is -0.388 e. The molecule has 0 spiro atoms. The summed E-state index contributed by atoms with van der Waals surface area (Å²) in [4.78, 5) is 20.3. The van der Waals surface area contributed by atoms with Gasteiger partial charge in [-0.2, -0.15) is 0 Å². The smallest absolute Gasteiger partial charge is 0.388 e. The van der Waals surface area contributed by atoms with Gasteiger partial charge in [-0.1, -0.05) is 36.4 Å². The topological polar surface area (TPSA) is 76.1 Å². The van der Waals surface area contributed by atoms with E-state index in [1.54, 1.807) is 11.6 Å². The van der Waals surface area contributed by atoms with Crippen LogP contribution in [0.5, 0.6) is 5.88 Å². The minimum atomic E-state index is -0.623. The Kier molecular flexibility index (Phi) is 5.02. The molecule has 1 aromatic carbocycles. The fourth-order valence-electron chi connectivity index (χ4n) is 2.03. The molecule has 0 radical (unpaired) electrons. The van der Waals surface area contributed by atoms with Crippen LogP contribution in [0, 0.1) is 6.92 Å². The van der Waals surface area contributed by atoms with Crippen LogP contribution in [0.4, 0.5) is 15.6 Å². The lowest BCUT2D eigenvalue weighted by atomic mass is 10.2.